The van der Waals surface area contributed by atoms with Crippen LogP contribution in [0, 0.1) is 0 Å². The highest BCUT2D eigenvalue weighted by molar-refractivity contribution is 5.44. The van der Waals surface area contributed by atoms with E-state index >= 15 is 0 Å². The van der Waals surface area contributed by atoms with Crippen molar-refractivity contribution >= 4 is 5.82 Å². The number of pyridine rings is 1. The molecule has 2 N–H and O–H groups in total. The molecule has 1 aromatic rings. The van der Waals surface area contributed by atoms with Gasteiger partial charge in [0.2, 0.25) is 0 Å². The third-order valence-corrected chi connectivity index (χ3v) is 1.16. The molecule has 5 heteroatoms. The largest absolute Gasteiger partial charge is 0.484 e. The van der Waals surface area contributed by atoms with Crippen LogP contribution in [0.3, 0.4) is 0 Å². The van der Waals surface area contributed by atoms with Crippen LogP contribution in [0.2, 0.25) is 0 Å². The van der Waals surface area contributed by atoms with Gasteiger partial charge in [-0.2, -0.15) is 0 Å². The molecule has 0 saturated heterocycles. The van der Waals surface area contributed by atoms with Gasteiger partial charge in [-0.05, 0) is 12.1 Å². The molecule has 0 radical (unpaired) electrons. The number of anilines is 1. The third-order valence-electron chi connectivity index (χ3n) is 1.16. The van der Waals surface area contributed by atoms with E-state index in [0.29, 0.717) is 0 Å². The van der Waals surface area contributed by atoms with Gasteiger partial charge < -0.3 is 10.5 Å². The molecule has 1 aromatic heterocycles. The number of halogens is 2. The van der Waals surface area contributed by atoms with Crippen LogP contribution in [0.4, 0.5) is 14.6 Å². The lowest BCUT2D eigenvalue weighted by molar-refractivity contribution is 0.0821. The lowest BCUT2D eigenvalue weighted by atomic mass is 10.4. The first kappa shape index (κ1) is 8.70. The summed E-state index contributed by atoms with van der Waals surface area (Å²) < 4.78 is 28.0. The predicted octanol–water partition coefficient (Wildman–Crippen LogP) is 1.31. The zero-order chi connectivity index (χ0) is 8.97. The van der Waals surface area contributed by atoms with E-state index in [-0.39, 0.29) is 11.6 Å². The number of alkyl halides is 2. The highest BCUT2D eigenvalue weighted by atomic mass is 19.3. The molecular weight excluding hydrogens is 166 g/mol. The van der Waals surface area contributed by atoms with Crippen LogP contribution in [0.5, 0.6) is 5.75 Å². The maximum absolute atomic E-state index is 11.7. The molecule has 1 heterocycles. The van der Waals surface area contributed by atoms with Crippen molar-refractivity contribution in [2.75, 3.05) is 12.3 Å². The second-order valence-electron chi connectivity index (χ2n) is 2.09. The number of nitrogens with zero attached hydrogens (tertiary/aromatic N) is 1. The second-order valence-corrected chi connectivity index (χ2v) is 2.09. The van der Waals surface area contributed by atoms with Gasteiger partial charge in [0.15, 0.2) is 11.6 Å². The Labute approximate surface area is 68.2 Å². The zero-order valence-electron chi connectivity index (χ0n) is 6.21. The Morgan fingerprint density at radius 2 is 2.33 bits per heavy atom. The summed E-state index contributed by atoms with van der Waals surface area (Å²) in [5, 5.41) is 0. The molecule has 3 nitrogen and oxygen atoms in total. The van der Waals surface area contributed by atoms with Crippen LogP contribution in [0.15, 0.2) is 18.3 Å². The van der Waals surface area contributed by atoms with E-state index in [4.69, 9.17) is 5.73 Å². The molecule has 0 aromatic carbocycles. The van der Waals surface area contributed by atoms with E-state index in [9.17, 15) is 8.78 Å². The summed E-state index contributed by atoms with van der Waals surface area (Å²) in [6.07, 6.45) is -1.03. The van der Waals surface area contributed by atoms with Gasteiger partial charge >= 0.3 is 0 Å². The zero-order valence-corrected chi connectivity index (χ0v) is 6.21. The number of ether oxygens (including phenoxy) is 1. The first-order valence-electron chi connectivity index (χ1n) is 3.31. The van der Waals surface area contributed by atoms with Gasteiger partial charge in [-0.25, -0.2) is 13.8 Å². The Morgan fingerprint density at radius 3 is 2.92 bits per heavy atom. The Hall–Kier alpha value is -1.39. The average molecular weight is 174 g/mol. The van der Waals surface area contributed by atoms with Gasteiger partial charge in [-0.15, -0.1) is 0 Å². The van der Waals surface area contributed by atoms with Crippen molar-refractivity contribution < 1.29 is 13.5 Å². The summed E-state index contributed by atoms with van der Waals surface area (Å²) in [7, 11) is 0. The third kappa shape index (κ3) is 2.34. The van der Waals surface area contributed by atoms with Crippen LogP contribution in [-0.4, -0.2) is 18.0 Å². The number of aromatic nitrogens is 1. The lowest BCUT2D eigenvalue weighted by Crippen LogP contribution is -2.08. The molecule has 0 unspecified atom stereocenters. The van der Waals surface area contributed by atoms with Crippen molar-refractivity contribution in [3.8, 4) is 5.75 Å². The van der Waals surface area contributed by atoms with Gasteiger partial charge in [0.25, 0.3) is 6.43 Å². The summed E-state index contributed by atoms with van der Waals surface area (Å²) in [5.41, 5.74) is 5.33. The lowest BCUT2D eigenvalue weighted by Gasteiger charge is -2.05. The topological polar surface area (TPSA) is 48.1 Å². The van der Waals surface area contributed by atoms with Crippen molar-refractivity contribution in [1.82, 2.24) is 4.98 Å². The van der Waals surface area contributed by atoms with E-state index in [1.54, 1.807) is 6.07 Å². The van der Waals surface area contributed by atoms with Crippen LogP contribution in [0.25, 0.3) is 0 Å². The van der Waals surface area contributed by atoms with Crippen molar-refractivity contribution in [3.63, 3.8) is 0 Å². The van der Waals surface area contributed by atoms with Crippen LogP contribution < -0.4 is 10.5 Å². The predicted molar refractivity (Wildman–Crippen MR) is 40.1 cm³/mol. The number of rotatable bonds is 3. The summed E-state index contributed by atoms with van der Waals surface area (Å²) >= 11 is 0. The fraction of sp³-hybridized carbons (Fsp3) is 0.286. The standard InChI is InChI=1S/C7H8F2N2O/c8-6(9)4-12-5-2-1-3-11-7(5)10/h1-3,6H,4H2,(H2,10,11). The number of nitrogens with two attached hydrogens (primary N) is 1. The number of hydrogen-bond donors (Lipinski definition) is 1. The maximum atomic E-state index is 11.7. The number of nitrogen functional groups attached to an aromatic ring is 1. The number of hydrogen-bond acceptors (Lipinski definition) is 3. The Bertz CT molecular complexity index is 255. The normalized spacial score (nSPS) is 10.2. The maximum Gasteiger partial charge on any atom is 0.272 e. The summed E-state index contributed by atoms with van der Waals surface area (Å²) in [5.74, 6) is 0.316. The van der Waals surface area contributed by atoms with E-state index in [2.05, 4.69) is 9.72 Å². The summed E-state index contributed by atoms with van der Waals surface area (Å²) in [6.45, 7) is -0.657. The molecule has 0 aliphatic rings. The molecule has 0 atom stereocenters. The highest BCUT2D eigenvalue weighted by Gasteiger charge is 2.05. The average Bonchev–Trinajstić information content (AvgIpc) is 2.03. The van der Waals surface area contributed by atoms with E-state index in [1.165, 1.54) is 12.3 Å². The smallest absolute Gasteiger partial charge is 0.272 e. The van der Waals surface area contributed by atoms with Gasteiger partial charge in [0.05, 0.1) is 0 Å². The van der Waals surface area contributed by atoms with Gasteiger partial charge in [-0.3, -0.25) is 0 Å². The Kier molecular flexibility index (Phi) is 2.79. The van der Waals surface area contributed by atoms with E-state index in [0.717, 1.165) is 0 Å². The minimum absolute atomic E-state index is 0.123. The molecule has 0 aliphatic carbocycles. The molecule has 0 bridgehead atoms. The van der Waals surface area contributed by atoms with E-state index in [1.807, 2.05) is 0 Å². The van der Waals surface area contributed by atoms with Crippen LogP contribution in [-0.2, 0) is 0 Å². The fourth-order valence-electron chi connectivity index (χ4n) is 0.678. The summed E-state index contributed by atoms with van der Waals surface area (Å²) in [6, 6.07) is 3.06. The van der Waals surface area contributed by atoms with Crippen molar-refractivity contribution in [3.05, 3.63) is 18.3 Å². The molecule has 0 saturated carbocycles. The fourth-order valence-corrected chi connectivity index (χ4v) is 0.678. The molecule has 0 spiro atoms. The summed E-state index contributed by atoms with van der Waals surface area (Å²) in [4.78, 5) is 3.66. The molecule has 12 heavy (non-hydrogen) atoms. The van der Waals surface area contributed by atoms with Gasteiger partial charge in [0.1, 0.15) is 6.61 Å². The minimum atomic E-state index is -2.50. The first-order chi connectivity index (χ1) is 5.70. The molecular formula is C7H8F2N2O. The van der Waals surface area contributed by atoms with Crippen LogP contribution in [0.1, 0.15) is 0 Å². The minimum Gasteiger partial charge on any atom is -0.484 e. The molecule has 0 aliphatic heterocycles. The van der Waals surface area contributed by atoms with E-state index < -0.39 is 13.0 Å². The second kappa shape index (κ2) is 3.85. The molecule has 0 fully saturated rings. The molecule has 66 valence electrons. The Morgan fingerprint density at radius 1 is 1.58 bits per heavy atom. The van der Waals surface area contributed by atoms with Gasteiger partial charge in [0, 0.05) is 6.20 Å². The molecule has 0 amide bonds. The first-order valence-corrected chi connectivity index (χ1v) is 3.31. The SMILES string of the molecule is Nc1ncccc1OCC(F)F. The monoisotopic (exact) mass is 174 g/mol. The van der Waals surface area contributed by atoms with Crippen molar-refractivity contribution in [2.24, 2.45) is 0 Å². The van der Waals surface area contributed by atoms with Crippen molar-refractivity contribution in [2.45, 2.75) is 6.43 Å². The molecule has 1 rings (SSSR count). The quantitative estimate of drug-likeness (QED) is 0.751. The Balaban J connectivity index is 2.57. The highest BCUT2D eigenvalue weighted by Crippen LogP contribution is 2.17. The van der Waals surface area contributed by atoms with Crippen LogP contribution >= 0.6 is 0 Å². The van der Waals surface area contributed by atoms with Gasteiger partial charge in [-0.1, -0.05) is 0 Å². The van der Waals surface area contributed by atoms with Crippen molar-refractivity contribution in [1.29, 1.82) is 0 Å².